The number of carbonyl (C=O) groups excluding carboxylic acids is 1. The highest BCUT2D eigenvalue weighted by molar-refractivity contribution is 5.98. The molecular formula is C15H21N5O4. The Kier molecular flexibility index (Phi) is 4.91. The zero-order valence-electron chi connectivity index (χ0n) is 13.3. The lowest BCUT2D eigenvalue weighted by Crippen LogP contribution is -2.45. The van der Waals surface area contributed by atoms with Crippen LogP contribution in [0, 0.1) is 10.1 Å². The van der Waals surface area contributed by atoms with E-state index in [4.69, 9.17) is 10.5 Å². The van der Waals surface area contributed by atoms with Crippen LogP contribution < -0.4 is 11.1 Å². The highest BCUT2D eigenvalue weighted by Gasteiger charge is 2.28. The van der Waals surface area contributed by atoms with Crippen LogP contribution >= 0.6 is 0 Å². The summed E-state index contributed by atoms with van der Waals surface area (Å²) in [4.78, 5) is 28.2. The van der Waals surface area contributed by atoms with E-state index in [1.807, 2.05) is 0 Å². The van der Waals surface area contributed by atoms with Crippen molar-refractivity contribution < 1.29 is 14.5 Å². The molecule has 9 nitrogen and oxygen atoms in total. The molecule has 3 N–H and O–H groups in total. The minimum absolute atomic E-state index is 0.0517. The molecule has 1 unspecified atom stereocenters. The van der Waals surface area contributed by atoms with E-state index in [1.54, 1.807) is 0 Å². The molecule has 2 aliphatic rings. The number of hydrogen-bond donors (Lipinski definition) is 2. The third-order valence-electron chi connectivity index (χ3n) is 4.64. The van der Waals surface area contributed by atoms with Crippen LogP contribution in [-0.2, 0) is 4.74 Å². The van der Waals surface area contributed by atoms with E-state index >= 15 is 0 Å². The summed E-state index contributed by atoms with van der Waals surface area (Å²) in [6, 6.07) is 1.84. The summed E-state index contributed by atoms with van der Waals surface area (Å²) in [6.45, 7) is 3.53. The molecule has 1 atom stereocenters. The van der Waals surface area contributed by atoms with Crippen LogP contribution in [0.15, 0.2) is 12.3 Å². The number of primary amides is 1. The number of piperidine rings is 1. The van der Waals surface area contributed by atoms with Gasteiger partial charge in [0.25, 0.3) is 11.6 Å². The number of nitrogens with zero attached hydrogens (tertiary/aromatic N) is 3. The van der Waals surface area contributed by atoms with Gasteiger partial charge in [0.05, 0.1) is 17.1 Å². The van der Waals surface area contributed by atoms with Crippen LogP contribution in [0.25, 0.3) is 0 Å². The van der Waals surface area contributed by atoms with E-state index < -0.39 is 10.8 Å². The van der Waals surface area contributed by atoms with Gasteiger partial charge in [-0.2, -0.15) is 0 Å². The highest BCUT2D eigenvalue weighted by atomic mass is 16.6. The zero-order chi connectivity index (χ0) is 17.1. The number of likely N-dealkylation sites (tertiary alicyclic amines) is 1. The lowest BCUT2D eigenvalue weighted by atomic mass is 10.0. The van der Waals surface area contributed by atoms with Crippen molar-refractivity contribution in [2.75, 3.05) is 31.6 Å². The summed E-state index contributed by atoms with van der Waals surface area (Å²) < 4.78 is 5.43. The predicted octanol–water partition coefficient (Wildman–Crippen LogP) is 0.754. The first-order valence-electron chi connectivity index (χ1n) is 8.07. The average Bonchev–Trinajstić information content (AvgIpc) is 3.10. The molecule has 0 spiro atoms. The average molecular weight is 335 g/mol. The molecule has 2 aliphatic heterocycles. The topological polar surface area (TPSA) is 124 Å². The Morgan fingerprint density at radius 1 is 1.42 bits per heavy atom. The smallest absolute Gasteiger partial charge is 0.288 e. The number of amides is 1. The van der Waals surface area contributed by atoms with Crippen molar-refractivity contribution in [1.29, 1.82) is 0 Å². The number of nitrogens with two attached hydrogens (primary N) is 1. The van der Waals surface area contributed by atoms with Gasteiger partial charge in [-0.25, -0.2) is 4.98 Å². The molecule has 0 radical (unpaired) electrons. The van der Waals surface area contributed by atoms with Crippen molar-refractivity contribution in [3.63, 3.8) is 0 Å². The third kappa shape index (κ3) is 3.62. The molecule has 24 heavy (non-hydrogen) atoms. The summed E-state index contributed by atoms with van der Waals surface area (Å²) >= 11 is 0. The maximum absolute atomic E-state index is 11.6. The van der Waals surface area contributed by atoms with E-state index in [-0.39, 0.29) is 17.3 Å². The zero-order valence-corrected chi connectivity index (χ0v) is 13.3. The van der Waals surface area contributed by atoms with Crippen LogP contribution in [0.5, 0.6) is 0 Å². The quantitative estimate of drug-likeness (QED) is 0.601. The van der Waals surface area contributed by atoms with Gasteiger partial charge in [-0.1, -0.05) is 0 Å². The van der Waals surface area contributed by atoms with Gasteiger partial charge in [0.15, 0.2) is 0 Å². The minimum atomic E-state index is -0.728. The van der Waals surface area contributed by atoms with Crippen LogP contribution in [0.1, 0.15) is 29.6 Å². The first-order valence-corrected chi connectivity index (χ1v) is 8.07. The Bertz CT molecular complexity index is 624. The summed E-state index contributed by atoms with van der Waals surface area (Å²) in [6.07, 6.45) is 4.04. The fourth-order valence-electron chi connectivity index (χ4n) is 3.27. The van der Waals surface area contributed by atoms with Crippen LogP contribution in [0.3, 0.4) is 0 Å². The number of nitrogens with one attached hydrogen (secondary N) is 1. The van der Waals surface area contributed by atoms with Crippen molar-refractivity contribution >= 4 is 17.4 Å². The normalized spacial score (nSPS) is 22.4. The number of aromatic nitrogens is 1. The second-order valence-corrected chi connectivity index (χ2v) is 6.18. The fourth-order valence-corrected chi connectivity index (χ4v) is 3.27. The lowest BCUT2D eigenvalue weighted by molar-refractivity contribution is -0.385. The molecule has 3 rings (SSSR count). The SMILES string of the molecule is NC(=O)c1cc([N+](=O)[O-])cnc1NC1CCN(C2CCOC2)CC1. The van der Waals surface area contributed by atoms with Gasteiger partial charge >= 0.3 is 0 Å². The van der Waals surface area contributed by atoms with Crippen molar-refractivity contribution in [1.82, 2.24) is 9.88 Å². The van der Waals surface area contributed by atoms with Crippen LogP contribution in [-0.4, -0.2) is 59.1 Å². The Balaban J connectivity index is 1.64. The summed E-state index contributed by atoms with van der Waals surface area (Å²) in [5, 5.41) is 14.0. The molecule has 0 bridgehead atoms. The Morgan fingerprint density at radius 2 is 2.17 bits per heavy atom. The van der Waals surface area contributed by atoms with Crippen molar-refractivity contribution in [3.05, 3.63) is 27.9 Å². The third-order valence-corrected chi connectivity index (χ3v) is 4.64. The Morgan fingerprint density at radius 3 is 2.75 bits per heavy atom. The van der Waals surface area contributed by atoms with E-state index in [2.05, 4.69) is 15.2 Å². The van der Waals surface area contributed by atoms with Crippen LogP contribution in [0.2, 0.25) is 0 Å². The second-order valence-electron chi connectivity index (χ2n) is 6.18. The summed E-state index contributed by atoms with van der Waals surface area (Å²) in [5.74, 6) is -0.412. The van der Waals surface area contributed by atoms with Gasteiger partial charge in [0, 0.05) is 37.8 Å². The summed E-state index contributed by atoms with van der Waals surface area (Å²) in [7, 11) is 0. The van der Waals surface area contributed by atoms with E-state index in [9.17, 15) is 14.9 Å². The molecule has 9 heteroatoms. The van der Waals surface area contributed by atoms with E-state index in [0.717, 1.165) is 51.8 Å². The monoisotopic (exact) mass is 335 g/mol. The minimum Gasteiger partial charge on any atom is -0.380 e. The molecule has 1 amide bonds. The molecule has 0 aromatic carbocycles. The molecular weight excluding hydrogens is 314 g/mol. The number of hydrogen-bond acceptors (Lipinski definition) is 7. The molecule has 2 saturated heterocycles. The molecule has 130 valence electrons. The highest BCUT2D eigenvalue weighted by Crippen LogP contribution is 2.24. The van der Waals surface area contributed by atoms with Crippen molar-refractivity contribution in [2.24, 2.45) is 5.73 Å². The van der Waals surface area contributed by atoms with E-state index in [1.165, 1.54) is 6.07 Å². The number of anilines is 1. The molecule has 1 aromatic rings. The Hall–Kier alpha value is -2.26. The first kappa shape index (κ1) is 16.6. The number of pyridine rings is 1. The van der Waals surface area contributed by atoms with E-state index in [0.29, 0.717) is 11.9 Å². The van der Waals surface area contributed by atoms with Gasteiger partial charge in [-0.15, -0.1) is 0 Å². The predicted molar refractivity (Wildman–Crippen MR) is 86.9 cm³/mol. The Labute approximate surface area is 139 Å². The molecule has 3 heterocycles. The van der Waals surface area contributed by atoms with Gasteiger partial charge in [-0.3, -0.25) is 19.8 Å². The fraction of sp³-hybridized carbons (Fsp3) is 0.600. The second kappa shape index (κ2) is 7.10. The molecule has 0 saturated carbocycles. The largest absolute Gasteiger partial charge is 0.380 e. The molecule has 1 aromatic heterocycles. The lowest BCUT2D eigenvalue weighted by Gasteiger charge is -2.35. The molecule has 0 aliphatic carbocycles. The van der Waals surface area contributed by atoms with Gasteiger partial charge < -0.3 is 15.8 Å². The maximum atomic E-state index is 11.6. The van der Waals surface area contributed by atoms with Crippen LogP contribution in [0.4, 0.5) is 11.5 Å². The van der Waals surface area contributed by atoms with Gasteiger partial charge in [-0.05, 0) is 19.3 Å². The number of rotatable bonds is 5. The number of ether oxygens (including phenoxy) is 1. The maximum Gasteiger partial charge on any atom is 0.288 e. The van der Waals surface area contributed by atoms with Gasteiger partial charge in [0.2, 0.25) is 0 Å². The standard InChI is InChI=1S/C15H21N5O4/c16-14(21)13-7-12(20(22)23)8-17-15(13)18-10-1-4-19(5-2-10)11-3-6-24-9-11/h7-8,10-11H,1-6,9H2,(H2,16,21)(H,17,18). The van der Waals surface area contributed by atoms with Crippen molar-refractivity contribution in [2.45, 2.75) is 31.3 Å². The van der Waals surface area contributed by atoms with Crippen molar-refractivity contribution in [3.8, 4) is 0 Å². The van der Waals surface area contributed by atoms with Gasteiger partial charge in [0.1, 0.15) is 12.0 Å². The first-order chi connectivity index (χ1) is 11.5. The number of carbonyl (C=O) groups is 1. The summed E-state index contributed by atoms with van der Waals surface area (Å²) in [5.41, 5.74) is 5.14. The number of nitro groups is 1. The molecule has 2 fully saturated rings.